The van der Waals surface area contributed by atoms with E-state index < -0.39 is 5.91 Å². The molecular weight excluding hydrogens is 372 g/mol. The summed E-state index contributed by atoms with van der Waals surface area (Å²) in [4.78, 5) is 25.4. The monoisotopic (exact) mass is 394 g/mol. The van der Waals surface area contributed by atoms with Gasteiger partial charge in [0.15, 0.2) is 11.5 Å². The van der Waals surface area contributed by atoms with E-state index in [1.54, 1.807) is 37.6 Å². The molecule has 0 saturated carbocycles. The SMILES string of the molecule is COc1ccc(Cn2cccc(C(=O)Nc3ccc(OC)c(OC)c3)c2=O)cc1. The molecule has 7 heteroatoms. The van der Waals surface area contributed by atoms with Gasteiger partial charge in [0.05, 0.1) is 27.9 Å². The minimum atomic E-state index is -0.494. The quantitative estimate of drug-likeness (QED) is 0.666. The van der Waals surface area contributed by atoms with Gasteiger partial charge in [0, 0.05) is 18.0 Å². The third-order valence-electron chi connectivity index (χ3n) is 4.42. The van der Waals surface area contributed by atoms with Crippen molar-refractivity contribution in [3.05, 3.63) is 82.3 Å². The minimum absolute atomic E-state index is 0.0517. The zero-order valence-corrected chi connectivity index (χ0v) is 16.5. The minimum Gasteiger partial charge on any atom is -0.497 e. The number of aromatic nitrogens is 1. The fraction of sp³-hybridized carbons (Fsp3) is 0.182. The Morgan fingerprint density at radius 2 is 1.66 bits per heavy atom. The molecule has 7 nitrogen and oxygen atoms in total. The second-order valence-corrected chi connectivity index (χ2v) is 6.23. The molecule has 0 spiro atoms. The molecule has 2 aromatic carbocycles. The number of anilines is 1. The van der Waals surface area contributed by atoms with Crippen LogP contribution in [-0.2, 0) is 6.54 Å². The summed E-state index contributed by atoms with van der Waals surface area (Å²) in [5, 5.41) is 2.73. The van der Waals surface area contributed by atoms with E-state index in [0.717, 1.165) is 11.3 Å². The molecule has 0 aliphatic rings. The van der Waals surface area contributed by atoms with Gasteiger partial charge in [-0.3, -0.25) is 9.59 Å². The number of nitrogens with one attached hydrogen (secondary N) is 1. The number of benzene rings is 2. The molecule has 0 unspecified atom stereocenters. The molecule has 3 rings (SSSR count). The first-order chi connectivity index (χ1) is 14.0. The molecule has 150 valence electrons. The van der Waals surface area contributed by atoms with Crippen LogP contribution in [0.15, 0.2) is 65.6 Å². The van der Waals surface area contributed by atoms with Gasteiger partial charge in [-0.2, -0.15) is 0 Å². The van der Waals surface area contributed by atoms with Gasteiger partial charge in [-0.25, -0.2) is 0 Å². The lowest BCUT2D eigenvalue weighted by Crippen LogP contribution is -2.29. The second-order valence-electron chi connectivity index (χ2n) is 6.23. The van der Waals surface area contributed by atoms with Crippen LogP contribution in [0.5, 0.6) is 17.2 Å². The van der Waals surface area contributed by atoms with Crippen molar-refractivity contribution in [2.75, 3.05) is 26.6 Å². The molecule has 1 heterocycles. The zero-order valence-electron chi connectivity index (χ0n) is 16.5. The Labute approximate surface area is 168 Å². The van der Waals surface area contributed by atoms with Crippen molar-refractivity contribution in [1.29, 1.82) is 0 Å². The lowest BCUT2D eigenvalue weighted by Gasteiger charge is -2.11. The Hall–Kier alpha value is -3.74. The summed E-state index contributed by atoms with van der Waals surface area (Å²) in [5.74, 6) is 1.28. The molecule has 0 saturated heterocycles. The number of amides is 1. The maximum atomic E-state index is 12.8. The van der Waals surface area contributed by atoms with Crippen LogP contribution in [0.4, 0.5) is 5.69 Å². The lowest BCUT2D eigenvalue weighted by atomic mass is 10.2. The Kier molecular flexibility index (Phi) is 6.19. The molecule has 0 bridgehead atoms. The summed E-state index contributed by atoms with van der Waals surface area (Å²) in [7, 11) is 4.64. The first-order valence-corrected chi connectivity index (χ1v) is 8.91. The van der Waals surface area contributed by atoms with E-state index >= 15 is 0 Å². The van der Waals surface area contributed by atoms with Gasteiger partial charge in [0.2, 0.25) is 0 Å². The topological polar surface area (TPSA) is 78.8 Å². The first kappa shape index (κ1) is 20.0. The van der Waals surface area contributed by atoms with Crippen LogP contribution in [0.1, 0.15) is 15.9 Å². The van der Waals surface area contributed by atoms with Crippen LogP contribution >= 0.6 is 0 Å². The number of methoxy groups -OCH3 is 3. The van der Waals surface area contributed by atoms with E-state index in [1.807, 2.05) is 24.3 Å². The predicted octanol–water partition coefficient (Wildman–Crippen LogP) is 3.17. The largest absolute Gasteiger partial charge is 0.497 e. The van der Waals surface area contributed by atoms with Gasteiger partial charge in [0.1, 0.15) is 11.3 Å². The molecule has 0 radical (unpaired) electrons. The van der Waals surface area contributed by atoms with Crippen molar-refractivity contribution in [2.45, 2.75) is 6.54 Å². The molecule has 0 fully saturated rings. The van der Waals surface area contributed by atoms with Gasteiger partial charge < -0.3 is 24.1 Å². The Morgan fingerprint density at radius 3 is 2.31 bits per heavy atom. The van der Waals surface area contributed by atoms with Gasteiger partial charge in [-0.05, 0) is 42.0 Å². The van der Waals surface area contributed by atoms with Gasteiger partial charge in [0.25, 0.3) is 11.5 Å². The molecule has 1 aromatic heterocycles. The highest BCUT2D eigenvalue weighted by atomic mass is 16.5. The van der Waals surface area contributed by atoms with Crippen molar-refractivity contribution < 1.29 is 19.0 Å². The van der Waals surface area contributed by atoms with E-state index in [4.69, 9.17) is 14.2 Å². The van der Waals surface area contributed by atoms with Crippen LogP contribution in [0.25, 0.3) is 0 Å². The third kappa shape index (κ3) is 4.57. The summed E-state index contributed by atoms with van der Waals surface area (Å²) in [6.07, 6.45) is 1.65. The summed E-state index contributed by atoms with van der Waals surface area (Å²) in [5.41, 5.74) is 1.10. The standard InChI is InChI=1S/C22H22N2O5/c1-27-17-9-6-15(7-10-17)14-24-12-4-5-18(22(24)26)21(25)23-16-8-11-19(28-2)20(13-16)29-3/h4-13H,14H2,1-3H3,(H,23,25). The van der Waals surface area contributed by atoms with Crippen LogP contribution in [0, 0.1) is 0 Å². The van der Waals surface area contributed by atoms with Crippen molar-refractivity contribution >= 4 is 11.6 Å². The second kappa shape index (κ2) is 8.97. The molecule has 0 aliphatic carbocycles. The summed E-state index contributed by atoms with van der Waals surface area (Å²) in [6, 6.07) is 15.6. The maximum absolute atomic E-state index is 12.8. The number of carbonyl (C=O) groups is 1. The van der Waals surface area contributed by atoms with E-state index in [-0.39, 0.29) is 11.1 Å². The summed E-state index contributed by atoms with van der Waals surface area (Å²) in [6.45, 7) is 0.348. The van der Waals surface area contributed by atoms with Crippen molar-refractivity contribution in [1.82, 2.24) is 4.57 Å². The average Bonchev–Trinajstić information content (AvgIpc) is 2.75. The Bertz CT molecular complexity index is 1060. The van der Waals surface area contributed by atoms with E-state index in [0.29, 0.717) is 23.7 Å². The fourth-order valence-electron chi connectivity index (χ4n) is 2.87. The summed E-state index contributed by atoms with van der Waals surface area (Å²) >= 11 is 0. The number of hydrogen-bond acceptors (Lipinski definition) is 5. The number of hydrogen-bond donors (Lipinski definition) is 1. The predicted molar refractivity (Wildman–Crippen MR) is 110 cm³/mol. The highest BCUT2D eigenvalue weighted by Gasteiger charge is 2.14. The zero-order chi connectivity index (χ0) is 20.8. The van der Waals surface area contributed by atoms with Crippen LogP contribution in [-0.4, -0.2) is 31.8 Å². The van der Waals surface area contributed by atoms with E-state index in [1.165, 1.54) is 24.9 Å². The Balaban J connectivity index is 1.81. The number of ether oxygens (including phenoxy) is 3. The molecule has 0 aliphatic heterocycles. The van der Waals surface area contributed by atoms with Crippen LogP contribution < -0.4 is 25.1 Å². The highest BCUT2D eigenvalue weighted by molar-refractivity contribution is 6.04. The molecular formula is C22H22N2O5. The molecule has 1 amide bonds. The number of pyridine rings is 1. The van der Waals surface area contributed by atoms with Crippen LogP contribution in [0.3, 0.4) is 0 Å². The molecule has 0 atom stereocenters. The van der Waals surface area contributed by atoms with Gasteiger partial charge in [-0.15, -0.1) is 0 Å². The Morgan fingerprint density at radius 1 is 0.931 bits per heavy atom. The van der Waals surface area contributed by atoms with Crippen molar-refractivity contribution in [3.8, 4) is 17.2 Å². The number of carbonyl (C=O) groups excluding carboxylic acids is 1. The third-order valence-corrected chi connectivity index (χ3v) is 4.42. The smallest absolute Gasteiger partial charge is 0.263 e. The maximum Gasteiger partial charge on any atom is 0.263 e. The van der Waals surface area contributed by atoms with Gasteiger partial charge >= 0.3 is 0 Å². The van der Waals surface area contributed by atoms with Gasteiger partial charge in [-0.1, -0.05) is 12.1 Å². The van der Waals surface area contributed by atoms with E-state index in [2.05, 4.69) is 5.32 Å². The number of rotatable bonds is 7. The summed E-state index contributed by atoms with van der Waals surface area (Å²) < 4.78 is 17.1. The first-order valence-electron chi connectivity index (χ1n) is 8.91. The average molecular weight is 394 g/mol. The normalized spacial score (nSPS) is 10.3. The lowest BCUT2D eigenvalue weighted by molar-refractivity contribution is 0.102. The molecule has 3 aromatic rings. The van der Waals surface area contributed by atoms with Crippen molar-refractivity contribution in [2.24, 2.45) is 0 Å². The van der Waals surface area contributed by atoms with E-state index in [9.17, 15) is 9.59 Å². The highest BCUT2D eigenvalue weighted by Crippen LogP contribution is 2.29. The number of nitrogens with zero attached hydrogens (tertiary/aromatic N) is 1. The van der Waals surface area contributed by atoms with Crippen molar-refractivity contribution in [3.63, 3.8) is 0 Å². The van der Waals surface area contributed by atoms with Crippen LogP contribution in [0.2, 0.25) is 0 Å². The fourth-order valence-corrected chi connectivity index (χ4v) is 2.87. The molecule has 29 heavy (non-hydrogen) atoms. The molecule has 1 N–H and O–H groups in total.